The van der Waals surface area contributed by atoms with Gasteiger partial charge >= 0.3 is 11.9 Å². The molecule has 0 aromatic carbocycles. The third kappa shape index (κ3) is 18.6. The van der Waals surface area contributed by atoms with Crippen molar-refractivity contribution in [1.29, 1.82) is 0 Å². The van der Waals surface area contributed by atoms with E-state index < -0.39 is 42.0 Å². The van der Waals surface area contributed by atoms with Crippen molar-refractivity contribution in [2.24, 2.45) is 0 Å². The van der Waals surface area contributed by atoms with Crippen molar-refractivity contribution in [3.8, 4) is 0 Å². The molecule has 0 fully saturated rings. The molecule has 0 spiro atoms. The number of carboxylic acids is 3. The minimum Gasteiger partial charge on any atom is -0.544 e. The van der Waals surface area contributed by atoms with E-state index in [-0.39, 0.29) is 6.54 Å². The quantitative estimate of drug-likeness (QED) is 0.150. The summed E-state index contributed by atoms with van der Waals surface area (Å²) in [6.07, 6.45) is 20.7. The van der Waals surface area contributed by atoms with Gasteiger partial charge in [-0.05, 0) is 32.1 Å². The molecule has 0 bridgehead atoms. The van der Waals surface area contributed by atoms with Gasteiger partial charge in [-0.3, -0.25) is 0 Å². The van der Waals surface area contributed by atoms with Gasteiger partial charge in [0.05, 0.1) is 12.5 Å². The van der Waals surface area contributed by atoms with Crippen LogP contribution in [0.5, 0.6) is 0 Å². The van der Waals surface area contributed by atoms with Gasteiger partial charge in [0.25, 0.3) is 0 Å². The predicted octanol–water partition coefficient (Wildman–Crippen LogP) is 3.76. The maximum atomic E-state index is 11.1. The van der Waals surface area contributed by atoms with Gasteiger partial charge in [-0.2, -0.15) is 0 Å². The molecule has 0 aromatic rings. The molecular formula is C24H43NO6. The molecule has 0 atom stereocenters. The number of hydrogen-bond donors (Lipinski definition) is 2. The molecule has 7 heteroatoms. The fourth-order valence-electron chi connectivity index (χ4n) is 3.95. The molecule has 0 saturated heterocycles. The molecule has 180 valence electrons. The minimum atomic E-state index is -1.43. The molecule has 0 amide bonds. The predicted molar refractivity (Wildman–Crippen MR) is 119 cm³/mol. The first-order chi connectivity index (χ1) is 14.8. The van der Waals surface area contributed by atoms with Gasteiger partial charge in [0.1, 0.15) is 6.54 Å². The molecule has 31 heavy (non-hydrogen) atoms. The summed E-state index contributed by atoms with van der Waals surface area (Å²) in [5.41, 5.74) is 0. The maximum Gasteiger partial charge on any atom is 0.359 e. The standard InChI is InChI=1S/C24H43NO6/c1-2-3-4-5-6-7-8-9-10-11-12-13-14-15-16-17-18-25(19-22(26)27,20-23(28)29)21-24(30)31/h13-14H,2-12,15-21H2,1H3,(H2-,26,27,28,29,30,31)/b14-13+. The van der Waals surface area contributed by atoms with Gasteiger partial charge in [-0.15, -0.1) is 0 Å². The number of carboxylic acid groups (broad SMARTS) is 3. The summed E-state index contributed by atoms with van der Waals surface area (Å²) < 4.78 is -0.519. The Morgan fingerprint density at radius 3 is 1.52 bits per heavy atom. The number of hydrogen-bond acceptors (Lipinski definition) is 4. The molecule has 0 aliphatic carbocycles. The molecule has 7 nitrogen and oxygen atoms in total. The Balaban J connectivity index is 3.95. The highest BCUT2D eigenvalue weighted by Gasteiger charge is 2.33. The lowest BCUT2D eigenvalue weighted by Crippen LogP contribution is -2.59. The second kappa shape index (κ2) is 18.8. The van der Waals surface area contributed by atoms with Crippen LogP contribution < -0.4 is 5.11 Å². The molecule has 2 N–H and O–H groups in total. The highest BCUT2D eigenvalue weighted by Crippen LogP contribution is 2.13. The van der Waals surface area contributed by atoms with E-state index in [1.165, 1.54) is 64.2 Å². The Morgan fingerprint density at radius 1 is 0.677 bits per heavy atom. The topological polar surface area (TPSA) is 115 Å². The van der Waals surface area contributed by atoms with E-state index >= 15 is 0 Å². The number of carbonyl (C=O) groups excluding carboxylic acids is 1. The number of unbranched alkanes of at least 4 members (excludes halogenated alkanes) is 12. The number of rotatable bonds is 22. The average molecular weight is 442 g/mol. The third-order valence-corrected chi connectivity index (χ3v) is 5.55. The number of carbonyl (C=O) groups is 3. The summed E-state index contributed by atoms with van der Waals surface area (Å²) in [6.45, 7) is 0.763. The van der Waals surface area contributed by atoms with E-state index in [4.69, 9.17) is 10.2 Å². The average Bonchev–Trinajstić information content (AvgIpc) is 2.66. The van der Waals surface area contributed by atoms with Crippen LogP contribution in [0.2, 0.25) is 0 Å². The minimum absolute atomic E-state index is 0.193. The van der Waals surface area contributed by atoms with Crippen molar-refractivity contribution >= 4 is 17.9 Å². The lowest BCUT2D eigenvalue weighted by molar-refractivity contribution is -0.909. The van der Waals surface area contributed by atoms with Crippen LogP contribution in [0.4, 0.5) is 0 Å². The van der Waals surface area contributed by atoms with E-state index in [2.05, 4.69) is 19.1 Å². The maximum absolute atomic E-state index is 11.1. The number of allylic oxidation sites excluding steroid dienone is 2. The SMILES string of the molecule is CCCCCCCCCCCC/C=C/CCCC[N+](CC(=O)[O-])(CC(=O)O)CC(=O)O. The van der Waals surface area contributed by atoms with Crippen molar-refractivity contribution in [2.45, 2.75) is 96.8 Å². The number of quaternary nitrogens is 1. The van der Waals surface area contributed by atoms with E-state index in [9.17, 15) is 19.5 Å². The van der Waals surface area contributed by atoms with Crippen LogP contribution in [0.25, 0.3) is 0 Å². The van der Waals surface area contributed by atoms with Crippen LogP contribution in [0.3, 0.4) is 0 Å². The van der Waals surface area contributed by atoms with Crippen molar-refractivity contribution in [3.05, 3.63) is 12.2 Å². The summed E-state index contributed by atoms with van der Waals surface area (Å²) in [7, 11) is 0. The smallest absolute Gasteiger partial charge is 0.359 e. The Kier molecular flexibility index (Phi) is 17.7. The zero-order valence-electron chi connectivity index (χ0n) is 19.4. The second-order valence-electron chi connectivity index (χ2n) is 8.64. The van der Waals surface area contributed by atoms with Gasteiger partial charge in [0.2, 0.25) is 0 Å². The van der Waals surface area contributed by atoms with Gasteiger partial charge < -0.3 is 24.6 Å². The molecule has 0 unspecified atom stereocenters. The summed E-state index contributed by atoms with van der Waals surface area (Å²) in [5.74, 6) is -3.85. The Bertz CT molecular complexity index is 491. The molecule has 0 aliphatic heterocycles. The van der Waals surface area contributed by atoms with Crippen molar-refractivity contribution in [2.75, 3.05) is 26.2 Å². The lowest BCUT2D eigenvalue weighted by atomic mass is 10.1. The fourth-order valence-corrected chi connectivity index (χ4v) is 3.95. The fraction of sp³-hybridized carbons (Fsp3) is 0.792. The molecule has 0 aliphatic rings. The molecule has 0 saturated carbocycles. The molecule has 0 rings (SSSR count). The van der Waals surface area contributed by atoms with Crippen LogP contribution in [-0.4, -0.2) is 58.8 Å². The van der Waals surface area contributed by atoms with Crippen molar-refractivity contribution < 1.29 is 34.2 Å². The summed E-state index contributed by atoms with van der Waals surface area (Å²) in [5, 5.41) is 29.2. The Labute approximate surface area is 187 Å². The first kappa shape index (κ1) is 29.1. The van der Waals surface area contributed by atoms with E-state index in [0.29, 0.717) is 6.42 Å². The summed E-state index contributed by atoms with van der Waals surface area (Å²) in [4.78, 5) is 33.3. The lowest BCUT2D eigenvalue weighted by Gasteiger charge is -2.36. The molecular weight excluding hydrogens is 398 g/mol. The van der Waals surface area contributed by atoms with Crippen LogP contribution in [0.1, 0.15) is 96.8 Å². The normalized spacial score (nSPS) is 11.8. The largest absolute Gasteiger partial charge is 0.544 e. The van der Waals surface area contributed by atoms with Crippen LogP contribution in [0.15, 0.2) is 12.2 Å². The molecule has 0 radical (unpaired) electrons. The third-order valence-electron chi connectivity index (χ3n) is 5.55. The van der Waals surface area contributed by atoms with E-state index in [1.807, 2.05) is 0 Å². The second-order valence-corrected chi connectivity index (χ2v) is 8.64. The summed E-state index contributed by atoms with van der Waals surface area (Å²) in [6, 6.07) is 0. The first-order valence-corrected chi connectivity index (χ1v) is 11.9. The van der Waals surface area contributed by atoms with Crippen molar-refractivity contribution in [3.63, 3.8) is 0 Å². The highest BCUT2D eigenvalue weighted by molar-refractivity contribution is 5.72. The van der Waals surface area contributed by atoms with Gasteiger partial charge in [-0.25, -0.2) is 9.59 Å². The molecule has 0 aromatic heterocycles. The number of nitrogens with zero attached hydrogens (tertiary/aromatic N) is 1. The van der Waals surface area contributed by atoms with Crippen LogP contribution in [0, 0.1) is 0 Å². The van der Waals surface area contributed by atoms with E-state index in [1.54, 1.807) is 0 Å². The Morgan fingerprint density at radius 2 is 1.10 bits per heavy atom. The van der Waals surface area contributed by atoms with Gasteiger partial charge in [-0.1, -0.05) is 76.9 Å². The van der Waals surface area contributed by atoms with Gasteiger partial charge in [0.15, 0.2) is 13.1 Å². The zero-order chi connectivity index (χ0) is 23.4. The van der Waals surface area contributed by atoms with Gasteiger partial charge in [0, 0.05) is 0 Å². The highest BCUT2D eigenvalue weighted by atomic mass is 16.4. The zero-order valence-corrected chi connectivity index (χ0v) is 19.4. The summed E-state index contributed by atoms with van der Waals surface area (Å²) >= 11 is 0. The van der Waals surface area contributed by atoms with E-state index in [0.717, 1.165) is 19.3 Å². The van der Waals surface area contributed by atoms with Crippen LogP contribution in [-0.2, 0) is 14.4 Å². The number of aliphatic carboxylic acids is 3. The van der Waals surface area contributed by atoms with Crippen molar-refractivity contribution in [1.82, 2.24) is 0 Å². The van der Waals surface area contributed by atoms with Crippen LogP contribution >= 0.6 is 0 Å². The Hall–Kier alpha value is -1.89. The molecule has 0 heterocycles. The monoisotopic (exact) mass is 441 g/mol. The first-order valence-electron chi connectivity index (χ1n) is 11.9.